The van der Waals surface area contributed by atoms with Gasteiger partial charge in [-0.05, 0) is 25.0 Å². The predicted molar refractivity (Wildman–Crippen MR) is 57.0 cm³/mol. The molecule has 2 aromatic heterocycles. The number of hydrogen-bond acceptors (Lipinski definition) is 5. The summed E-state index contributed by atoms with van der Waals surface area (Å²) in [6.45, 7) is 4.00. The fraction of sp³-hybridized carbons (Fsp3) is 0.222. The van der Waals surface area contributed by atoms with Crippen LogP contribution in [0.5, 0.6) is 0 Å². The SMILES string of the molecule is Cc1cnc(-c2nsc(N)n2)c(C)c1. The van der Waals surface area contributed by atoms with E-state index in [1.54, 1.807) is 6.20 Å². The number of nitrogens with zero attached hydrogens (tertiary/aromatic N) is 3. The van der Waals surface area contributed by atoms with Crippen molar-refractivity contribution < 1.29 is 0 Å². The number of aryl methyl sites for hydroxylation is 2. The Kier molecular flexibility index (Phi) is 2.17. The summed E-state index contributed by atoms with van der Waals surface area (Å²) in [4.78, 5) is 8.38. The van der Waals surface area contributed by atoms with Crippen LogP contribution in [0.25, 0.3) is 11.5 Å². The van der Waals surface area contributed by atoms with E-state index in [0.717, 1.165) is 16.8 Å². The Morgan fingerprint density at radius 1 is 1.36 bits per heavy atom. The molecular weight excluding hydrogens is 196 g/mol. The summed E-state index contributed by atoms with van der Waals surface area (Å²) >= 11 is 1.19. The molecule has 0 bridgehead atoms. The summed E-state index contributed by atoms with van der Waals surface area (Å²) in [5.74, 6) is 0.616. The van der Waals surface area contributed by atoms with E-state index in [1.807, 2.05) is 13.8 Å². The van der Waals surface area contributed by atoms with Gasteiger partial charge >= 0.3 is 0 Å². The second kappa shape index (κ2) is 3.34. The van der Waals surface area contributed by atoms with E-state index in [-0.39, 0.29) is 0 Å². The molecule has 2 heterocycles. The number of pyridine rings is 1. The quantitative estimate of drug-likeness (QED) is 0.772. The molecule has 0 aliphatic rings. The molecule has 2 aromatic rings. The van der Waals surface area contributed by atoms with E-state index >= 15 is 0 Å². The first kappa shape index (κ1) is 9.08. The van der Waals surface area contributed by atoms with Crippen LogP contribution in [0.3, 0.4) is 0 Å². The summed E-state index contributed by atoms with van der Waals surface area (Å²) in [5, 5.41) is 0.474. The highest BCUT2D eigenvalue weighted by Gasteiger charge is 2.08. The molecule has 72 valence electrons. The van der Waals surface area contributed by atoms with E-state index in [9.17, 15) is 0 Å². The lowest BCUT2D eigenvalue weighted by Crippen LogP contribution is -1.91. The summed E-state index contributed by atoms with van der Waals surface area (Å²) in [7, 11) is 0. The first-order valence-electron chi connectivity index (χ1n) is 4.19. The third kappa shape index (κ3) is 1.58. The second-order valence-corrected chi connectivity index (χ2v) is 3.92. The van der Waals surface area contributed by atoms with Gasteiger partial charge in [0.15, 0.2) is 11.0 Å². The first-order chi connectivity index (χ1) is 6.66. The lowest BCUT2D eigenvalue weighted by atomic mass is 10.1. The van der Waals surface area contributed by atoms with Gasteiger partial charge in [0.25, 0.3) is 0 Å². The predicted octanol–water partition coefficient (Wildman–Crippen LogP) is 1.80. The molecule has 0 atom stereocenters. The molecule has 0 spiro atoms. The van der Waals surface area contributed by atoms with Crippen molar-refractivity contribution in [1.29, 1.82) is 0 Å². The first-order valence-corrected chi connectivity index (χ1v) is 4.97. The largest absolute Gasteiger partial charge is 0.374 e. The summed E-state index contributed by atoms with van der Waals surface area (Å²) < 4.78 is 4.12. The van der Waals surface area contributed by atoms with Crippen molar-refractivity contribution in [3.05, 3.63) is 23.4 Å². The lowest BCUT2D eigenvalue weighted by Gasteiger charge is -2.00. The van der Waals surface area contributed by atoms with Crippen molar-refractivity contribution in [2.45, 2.75) is 13.8 Å². The fourth-order valence-corrected chi connectivity index (χ4v) is 1.72. The molecule has 2 rings (SSSR count). The van der Waals surface area contributed by atoms with E-state index in [1.165, 1.54) is 11.5 Å². The average molecular weight is 206 g/mol. The van der Waals surface area contributed by atoms with Crippen molar-refractivity contribution in [3.8, 4) is 11.5 Å². The maximum absolute atomic E-state index is 5.51. The normalized spacial score (nSPS) is 10.4. The molecule has 0 unspecified atom stereocenters. The van der Waals surface area contributed by atoms with Crippen molar-refractivity contribution in [1.82, 2.24) is 14.3 Å². The monoisotopic (exact) mass is 206 g/mol. The van der Waals surface area contributed by atoms with Gasteiger partial charge in [0, 0.05) is 17.7 Å². The van der Waals surface area contributed by atoms with Gasteiger partial charge in [-0.15, -0.1) is 0 Å². The molecule has 0 fully saturated rings. The molecule has 0 aliphatic heterocycles. The molecule has 0 radical (unpaired) electrons. The number of nitrogen functional groups attached to an aromatic ring is 1. The van der Waals surface area contributed by atoms with Crippen molar-refractivity contribution in [3.63, 3.8) is 0 Å². The molecule has 0 saturated heterocycles. The minimum atomic E-state index is 0.474. The highest BCUT2D eigenvalue weighted by molar-refractivity contribution is 7.09. The summed E-state index contributed by atoms with van der Waals surface area (Å²) in [5.41, 5.74) is 8.53. The van der Waals surface area contributed by atoms with Crippen LogP contribution in [0.15, 0.2) is 12.3 Å². The Bertz CT molecular complexity index is 464. The van der Waals surface area contributed by atoms with Gasteiger partial charge < -0.3 is 5.73 Å². The molecule has 0 amide bonds. The Hall–Kier alpha value is -1.49. The maximum Gasteiger partial charge on any atom is 0.200 e. The summed E-state index contributed by atoms with van der Waals surface area (Å²) in [6.07, 6.45) is 1.81. The van der Waals surface area contributed by atoms with Crippen LogP contribution in [-0.4, -0.2) is 14.3 Å². The molecule has 4 nitrogen and oxygen atoms in total. The number of aromatic nitrogens is 3. The van der Waals surface area contributed by atoms with Crippen LogP contribution in [0.2, 0.25) is 0 Å². The minimum absolute atomic E-state index is 0.474. The highest BCUT2D eigenvalue weighted by Crippen LogP contribution is 2.20. The molecule has 0 aliphatic carbocycles. The molecule has 2 N–H and O–H groups in total. The van der Waals surface area contributed by atoms with Crippen molar-refractivity contribution >= 4 is 16.7 Å². The molecule has 0 aromatic carbocycles. The van der Waals surface area contributed by atoms with E-state index in [4.69, 9.17) is 5.73 Å². The van der Waals surface area contributed by atoms with Crippen LogP contribution >= 0.6 is 11.5 Å². The zero-order valence-electron chi connectivity index (χ0n) is 7.98. The van der Waals surface area contributed by atoms with Crippen LogP contribution in [0, 0.1) is 13.8 Å². The van der Waals surface area contributed by atoms with Crippen LogP contribution < -0.4 is 5.73 Å². The topological polar surface area (TPSA) is 64.7 Å². The van der Waals surface area contributed by atoms with E-state index in [0.29, 0.717) is 11.0 Å². The molecular formula is C9H10N4S. The molecule has 0 saturated carbocycles. The van der Waals surface area contributed by atoms with Crippen molar-refractivity contribution in [2.75, 3.05) is 5.73 Å². The Morgan fingerprint density at radius 3 is 2.71 bits per heavy atom. The van der Waals surface area contributed by atoms with E-state index < -0.39 is 0 Å². The number of nitrogens with two attached hydrogens (primary N) is 1. The minimum Gasteiger partial charge on any atom is -0.374 e. The Balaban J connectivity index is 2.52. The Morgan fingerprint density at radius 2 is 2.14 bits per heavy atom. The lowest BCUT2D eigenvalue weighted by molar-refractivity contribution is 1.18. The number of rotatable bonds is 1. The Labute approximate surface area is 86.0 Å². The van der Waals surface area contributed by atoms with Crippen molar-refractivity contribution in [2.24, 2.45) is 0 Å². The van der Waals surface area contributed by atoms with Crippen LogP contribution in [0.1, 0.15) is 11.1 Å². The number of hydrogen-bond donors (Lipinski definition) is 1. The third-order valence-electron chi connectivity index (χ3n) is 1.87. The number of anilines is 1. The highest BCUT2D eigenvalue weighted by atomic mass is 32.1. The second-order valence-electron chi connectivity index (χ2n) is 3.13. The average Bonchev–Trinajstić information content (AvgIpc) is 2.51. The molecule has 5 heteroatoms. The van der Waals surface area contributed by atoms with Gasteiger partial charge in [0.05, 0.1) is 0 Å². The smallest absolute Gasteiger partial charge is 0.200 e. The maximum atomic E-state index is 5.51. The van der Waals surface area contributed by atoms with Gasteiger partial charge in [-0.2, -0.15) is 9.36 Å². The van der Waals surface area contributed by atoms with Crippen LogP contribution in [-0.2, 0) is 0 Å². The van der Waals surface area contributed by atoms with Gasteiger partial charge in [0.1, 0.15) is 5.69 Å². The van der Waals surface area contributed by atoms with Gasteiger partial charge in [-0.25, -0.2) is 0 Å². The standard InChI is InChI=1S/C9H10N4S/c1-5-3-6(2)7(11-4-5)8-12-9(10)14-13-8/h3-4H,1-2H3,(H2,10,12,13). The van der Waals surface area contributed by atoms with Gasteiger partial charge in [0.2, 0.25) is 0 Å². The molecule has 14 heavy (non-hydrogen) atoms. The zero-order valence-corrected chi connectivity index (χ0v) is 8.80. The fourth-order valence-electron chi connectivity index (χ4n) is 1.28. The van der Waals surface area contributed by atoms with Crippen LogP contribution in [0.4, 0.5) is 5.13 Å². The van der Waals surface area contributed by atoms with Gasteiger partial charge in [-0.1, -0.05) is 6.07 Å². The zero-order chi connectivity index (χ0) is 10.1. The van der Waals surface area contributed by atoms with Gasteiger partial charge in [-0.3, -0.25) is 4.98 Å². The third-order valence-corrected chi connectivity index (χ3v) is 2.41. The van der Waals surface area contributed by atoms with E-state index in [2.05, 4.69) is 20.4 Å². The summed E-state index contributed by atoms with van der Waals surface area (Å²) in [6, 6.07) is 2.06.